The molecule has 0 radical (unpaired) electrons. The van der Waals surface area contributed by atoms with E-state index in [0.29, 0.717) is 0 Å². The molecule has 0 saturated heterocycles. The Hall–Kier alpha value is -1.61. The van der Waals surface area contributed by atoms with Crippen molar-refractivity contribution in [2.75, 3.05) is 7.11 Å². The molecule has 0 aliphatic carbocycles. The van der Waals surface area contributed by atoms with Gasteiger partial charge in [-0.3, -0.25) is 0 Å². The summed E-state index contributed by atoms with van der Waals surface area (Å²) >= 11 is 1.35. The van der Waals surface area contributed by atoms with Crippen molar-refractivity contribution in [3.8, 4) is 11.5 Å². The summed E-state index contributed by atoms with van der Waals surface area (Å²) in [6.07, 6.45) is 0.982. The minimum atomic E-state index is 0.761. The number of hydrogen-bond acceptors (Lipinski definition) is 3. The average molecular weight is 274 g/mol. The van der Waals surface area contributed by atoms with Crippen LogP contribution in [0.3, 0.4) is 0 Å². The van der Waals surface area contributed by atoms with E-state index in [1.54, 1.807) is 7.11 Å². The second-order valence-electron chi connectivity index (χ2n) is 4.32. The first-order chi connectivity index (χ1) is 9.22. The van der Waals surface area contributed by atoms with Crippen LogP contribution in [0.15, 0.2) is 47.4 Å². The van der Waals surface area contributed by atoms with Gasteiger partial charge in [0.2, 0.25) is 0 Å². The van der Waals surface area contributed by atoms with Crippen molar-refractivity contribution in [1.82, 2.24) is 0 Å². The topological polar surface area (TPSA) is 18.5 Å². The minimum absolute atomic E-state index is 0.761. The van der Waals surface area contributed by atoms with Crippen molar-refractivity contribution >= 4 is 12.0 Å². The monoisotopic (exact) mass is 274 g/mol. The third-order valence-corrected chi connectivity index (χ3v) is 3.61. The number of hydrogen-bond donors (Lipinski definition) is 0. The average Bonchev–Trinajstić information content (AvgIpc) is 2.46. The van der Waals surface area contributed by atoms with E-state index in [-0.39, 0.29) is 0 Å². The van der Waals surface area contributed by atoms with Crippen molar-refractivity contribution in [1.29, 1.82) is 0 Å². The summed E-state index contributed by atoms with van der Waals surface area (Å²) in [5, 5.41) is 0. The Morgan fingerprint density at radius 1 is 1.00 bits per heavy atom. The van der Waals surface area contributed by atoms with E-state index in [1.165, 1.54) is 23.2 Å². The zero-order chi connectivity index (χ0) is 13.7. The summed E-state index contributed by atoms with van der Waals surface area (Å²) in [5.74, 6) is 1.53. The molecule has 2 aromatic carbocycles. The molecule has 2 aromatic rings. The second-order valence-corrected chi connectivity index (χ2v) is 5.12. The normalized spacial score (nSPS) is 10.3. The van der Waals surface area contributed by atoms with Crippen LogP contribution in [0.25, 0.3) is 0 Å². The van der Waals surface area contributed by atoms with Crippen molar-refractivity contribution in [2.24, 2.45) is 0 Å². The molecule has 0 unspecified atom stereocenters. The van der Waals surface area contributed by atoms with Gasteiger partial charge >= 0.3 is 0 Å². The Morgan fingerprint density at radius 3 is 2.37 bits per heavy atom. The van der Waals surface area contributed by atoms with Crippen LogP contribution in [0.1, 0.15) is 18.1 Å². The lowest BCUT2D eigenvalue weighted by Crippen LogP contribution is -1.91. The van der Waals surface area contributed by atoms with Crippen molar-refractivity contribution in [3.05, 3.63) is 53.6 Å². The van der Waals surface area contributed by atoms with Crippen LogP contribution in [-0.4, -0.2) is 7.11 Å². The maximum atomic E-state index is 5.79. The van der Waals surface area contributed by atoms with Gasteiger partial charge in [-0.2, -0.15) is 0 Å². The van der Waals surface area contributed by atoms with E-state index in [2.05, 4.69) is 44.2 Å². The molecule has 0 aliphatic heterocycles. The Labute approximate surface area is 119 Å². The first-order valence-electron chi connectivity index (χ1n) is 6.31. The second kappa shape index (κ2) is 6.53. The zero-order valence-electron chi connectivity index (χ0n) is 11.5. The minimum Gasteiger partial charge on any atom is -0.493 e. The molecule has 0 spiro atoms. The quantitative estimate of drug-likeness (QED) is 0.739. The van der Waals surface area contributed by atoms with Gasteiger partial charge in [0.05, 0.1) is 19.2 Å². The van der Waals surface area contributed by atoms with Gasteiger partial charge in [0.25, 0.3) is 0 Å². The van der Waals surface area contributed by atoms with E-state index < -0.39 is 0 Å². The number of ether oxygens (including phenoxy) is 1. The number of methoxy groups -OCH3 is 1. The van der Waals surface area contributed by atoms with E-state index in [0.717, 1.165) is 22.8 Å². The first kappa shape index (κ1) is 13.8. The molecule has 0 bridgehead atoms. The fraction of sp³-hybridized carbons (Fsp3) is 0.250. The van der Waals surface area contributed by atoms with E-state index in [9.17, 15) is 0 Å². The summed E-state index contributed by atoms with van der Waals surface area (Å²) in [6.45, 7) is 4.20. The van der Waals surface area contributed by atoms with Gasteiger partial charge in [-0.1, -0.05) is 30.7 Å². The van der Waals surface area contributed by atoms with Gasteiger partial charge in [-0.25, -0.2) is 0 Å². The molecule has 2 rings (SSSR count). The van der Waals surface area contributed by atoms with Gasteiger partial charge < -0.3 is 8.92 Å². The Bertz CT molecular complexity index is 535. The first-order valence-corrected chi connectivity index (χ1v) is 7.05. The maximum Gasteiger partial charge on any atom is 0.179 e. The summed E-state index contributed by atoms with van der Waals surface area (Å²) in [5.41, 5.74) is 2.48. The van der Waals surface area contributed by atoms with E-state index >= 15 is 0 Å². The summed E-state index contributed by atoms with van der Waals surface area (Å²) in [4.78, 5) is 1.08. The van der Waals surface area contributed by atoms with Crippen LogP contribution in [0.5, 0.6) is 11.5 Å². The molecule has 19 heavy (non-hydrogen) atoms. The van der Waals surface area contributed by atoms with Crippen LogP contribution in [0.2, 0.25) is 0 Å². The van der Waals surface area contributed by atoms with Gasteiger partial charge in [0, 0.05) is 4.90 Å². The highest BCUT2D eigenvalue weighted by molar-refractivity contribution is 7.95. The van der Waals surface area contributed by atoms with Crippen LogP contribution in [0.4, 0.5) is 0 Å². The molecule has 0 aromatic heterocycles. The molecule has 0 atom stereocenters. The Balaban J connectivity index is 2.11. The lowest BCUT2D eigenvalue weighted by atomic mass is 10.1. The Kier molecular flexibility index (Phi) is 4.74. The standard InChI is InChI=1S/C16H18O2S/c1-4-13-7-10-15(17-3)16(11-13)18-19-14-8-5-12(2)6-9-14/h5-11H,4H2,1-3H3. The summed E-state index contributed by atoms with van der Waals surface area (Å²) < 4.78 is 11.1. The molecule has 0 amide bonds. The molecule has 0 heterocycles. The van der Waals surface area contributed by atoms with Gasteiger partial charge in [-0.05, 0) is 43.2 Å². The third-order valence-electron chi connectivity index (χ3n) is 2.88. The molecular formula is C16H18O2S. The SMILES string of the molecule is CCc1ccc(OC)c(OSc2ccc(C)cc2)c1. The van der Waals surface area contributed by atoms with Crippen molar-refractivity contribution in [3.63, 3.8) is 0 Å². The van der Waals surface area contributed by atoms with E-state index in [1.807, 2.05) is 12.1 Å². The molecule has 0 fully saturated rings. The molecule has 0 aliphatic rings. The number of aryl methyl sites for hydroxylation is 2. The lowest BCUT2D eigenvalue weighted by molar-refractivity contribution is 0.399. The fourth-order valence-electron chi connectivity index (χ4n) is 1.69. The molecule has 0 saturated carbocycles. The van der Waals surface area contributed by atoms with Crippen LogP contribution < -0.4 is 8.92 Å². The van der Waals surface area contributed by atoms with Gasteiger partial charge in [0.1, 0.15) is 0 Å². The summed E-state index contributed by atoms with van der Waals surface area (Å²) in [6, 6.07) is 14.3. The highest BCUT2D eigenvalue weighted by Gasteiger charge is 2.06. The number of benzene rings is 2. The third kappa shape index (κ3) is 3.67. The fourth-order valence-corrected chi connectivity index (χ4v) is 2.26. The van der Waals surface area contributed by atoms with Crippen LogP contribution >= 0.6 is 12.0 Å². The molecule has 2 nitrogen and oxygen atoms in total. The smallest absolute Gasteiger partial charge is 0.179 e. The molecule has 0 N–H and O–H groups in total. The largest absolute Gasteiger partial charge is 0.493 e. The van der Waals surface area contributed by atoms with Crippen LogP contribution in [-0.2, 0) is 6.42 Å². The predicted molar refractivity (Wildman–Crippen MR) is 80.0 cm³/mol. The van der Waals surface area contributed by atoms with E-state index in [4.69, 9.17) is 8.92 Å². The highest BCUT2D eigenvalue weighted by Crippen LogP contribution is 2.33. The zero-order valence-corrected chi connectivity index (χ0v) is 12.3. The lowest BCUT2D eigenvalue weighted by Gasteiger charge is -2.10. The highest BCUT2D eigenvalue weighted by atomic mass is 32.2. The van der Waals surface area contributed by atoms with Gasteiger partial charge in [0.15, 0.2) is 11.5 Å². The summed E-state index contributed by atoms with van der Waals surface area (Å²) in [7, 11) is 1.66. The Morgan fingerprint density at radius 2 is 1.74 bits per heavy atom. The number of rotatable bonds is 5. The molecule has 3 heteroatoms. The van der Waals surface area contributed by atoms with Crippen molar-refractivity contribution < 1.29 is 8.92 Å². The van der Waals surface area contributed by atoms with Crippen molar-refractivity contribution in [2.45, 2.75) is 25.2 Å². The predicted octanol–water partition coefficient (Wildman–Crippen LogP) is 4.65. The van der Waals surface area contributed by atoms with Crippen LogP contribution in [0, 0.1) is 6.92 Å². The molecular weight excluding hydrogens is 256 g/mol. The molecule has 100 valence electrons. The maximum absolute atomic E-state index is 5.79. The van der Waals surface area contributed by atoms with Gasteiger partial charge in [-0.15, -0.1) is 0 Å².